The number of hydrogen-bond acceptors (Lipinski definition) is 6. The van der Waals surface area contributed by atoms with Gasteiger partial charge in [0.05, 0.1) is 11.8 Å². The maximum absolute atomic E-state index is 10.1. The summed E-state index contributed by atoms with van der Waals surface area (Å²) >= 11 is 0. The largest absolute Gasteiger partial charge is 0.507 e. The minimum Gasteiger partial charge on any atom is -0.507 e. The zero-order chi connectivity index (χ0) is 16.4. The fourth-order valence-electron chi connectivity index (χ4n) is 3.03. The second kappa shape index (κ2) is 6.50. The molecule has 6 nitrogen and oxygen atoms in total. The van der Waals surface area contributed by atoms with E-state index < -0.39 is 0 Å². The van der Waals surface area contributed by atoms with Crippen LogP contribution in [0.1, 0.15) is 36.9 Å². The van der Waals surface area contributed by atoms with Gasteiger partial charge in [0.1, 0.15) is 11.4 Å². The highest BCUT2D eigenvalue weighted by Crippen LogP contribution is 2.30. The lowest BCUT2D eigenvalue weighted by atomic mass is 9.93. The number of anilines is 1. The molecule has 0 amide bonds. The number of nitrogens with one attached hydrogen (secondary N) is 1. The minimum absolute atomic E-state index is 0.179. The van der Waals surface area contributed by atoms with Crippen molar-refractivity contribution in [3.8, 4) is 17.0 Å². The number of aromatic nitrogens is 3. The van der Waals surface area contributed by atoms with Gasteiger partial charge in [-0.1, -0.05) is 6.07 Å². The van der Waals surface area contributed by atoms with Crippen molar-refractivity contribution >= 4 is 5.95 Å². The highest BCUT2D eigenvalue weighted by Gasteiger charge is 2.21. The molecule has 2 aromatic rings. The van der Waals surface area contributed by atoms with Gasteiger partial charge in [-0.25, -0.2) is 4.98 Å². The number of aliphatic hydroxyl groups excluding tert-OH is 1. The standard InChI is InChI=1S/C17H22N4O2/c1-10-6-7-14(15(23)8-10)16-11(2)18-17(21-20-16)19-12-4-3-5-13(22)9-12/h6-8,12-13,22-23H,3-5,9H2,1-2H3,(H,18,19,21)/t12-,13+/m1/s1. The summed E-state index contributed by atoms with van der Waals surface area (Å²) in [7, 11) is 0. The summed E-state index contributed by atoms with van der Waals surface area (Å²) in [5.74, 6) is 0.650. The number of aromatic hydroxyl groups is 1. The molecule has 0 bridgehead atoms. The number of phenolic OH excluding ortho intramolecular Hbond substituents is 1. The van der Waals surface area contributed by atoms with Gasteiger partial charge in [0.15, 0.2) is 0 Å². The maximum Gasteiger partial charge on any atom is 0.243 e. The van der Waals surface area contributed by atoms with Crippen molar-refractivity contribution in [3.05, 3.63) is 29.5 Å². The summed E-state index contributed by atoms with van der Waals surface area (Å²) in [5, 5.41) is 31.4. The molecule has 0 radical (unpaired) electrons. The molecule has 1 aromatic carbocycles. The fraction of sp³-hybridized carbons (Fsp3) is 0.471. The number of nitrogens with zero attached hydrogens (tertiary/aromatic N) is 3. The predicted molar refractivity (Wildman–Crippen MR) is 88.3 cm³/mol. The van der Waals surface area contributed by atoms with Crippen LogP contribution in [-0.2, 0) is 0 Å². The Kier molecular flexibility index (Phi) is 4.43. The Morgan fingerprint density at radius 2 is 2.00 bits per heavy atom. The third-order valence-electron chi connectivity index (χ3n) is 4.25. The van der Waals surface area contributed by atoms with Gasteiger partial charge in [0.2, 0.25) is 5.95 Å². The molecule has 122 valence electrons. The molecule has 23 heavy (non-hydrogen) atoms. The van der Waals surface area contributed by atoms with Crippen molar-refractivity contribution in [3.63, 3.8) is 0 Å². The topological polar surface area (TPSA) is 91.2 Å². The Morgan fingerprint density at radius 3 is 2.70 bits per heavy atom. The average molecular weight is 314 g/mol. The smallest absolute Gasteiger partial charge is 0.243 e. The fourth-order valence-corrected chi connectivity index (χ4v) is 3.03. The van der Waals surface area contributed by atoms with Crippen LogP contribution in [0, 0.1) is 13.8 Å². The Balaban J connectivity index is 1.80. The summed E-state index contributed by atoms with van der Waals surface area (Å²) in [5.41, 5.74) is 2.90. The summed E-state index contributed by atoms with van der Waals surface area (Å²) in [6, 6.07) is 5.63. The molecule has 2 atom stereocenters. The quantitative estimate of drug-likeness (QED) is 0.806. The number of hydrogen-bond donors (Lipinski definition) is 3. The number of benzene rings is 1. The zero-order valence-electron chi connectivity index (χ0n) is 13.5. The molecule has 1 fully saturated rings. The Labute approximate surface area is 135 Å². The van der Waals surface area contributed by atoms with E-state index in [1.165, 1.54) is 0 Å². The SMILES string of the molecule is Cc1ccc(-c2nnc(N[C@@H]3CCC[C@H](O)C3)nc2C)c(O)c1. The van der Waals surface area contributed by atoms with Crippen LogP contribution in [-0.4, -0.2) is 37.5 Å². The highest BCUT2D eigenvalue weighted by molar-refractivity contribution is 5.68. The molecule has 6 heteroatoms. The van der Waals surface area contributed by atoms with E-state index in [0.717, 1.165) is 24.8 Å². The molecule has 1 heterocycles. The van der Waals surface area contributed by atoms with Gasteiger partial charge in [0.25, 0.3) is 0 Å². The first-order chi connectivity index (χ1) is 11.0. The minimum atomic E-state index is -0.251. The van der Waals surface area contributed by atoms with Crippen LogP contribution >= 0.6 is 0 Å². The van der Waals surface area contributed by atoms with Gasteiger partial charge in [-0.15, -0.1) is 10.2 Å². The van der Waals surface area contributed by atoms with Crippen molar-refractivity contribution in [2.75, 3.05) is 5.32 Å². The Bertz CT molecular complexity index is 705. The van der Waals surface area contributed by atoms with E-state index in [-0.39, 0.29) is 17.9 Å². The van der Waals surface area contributed by atoms with Gasteiger partial charge in [-0.3, -0.25) is 0 Å². The lowest BCUT2D eigenvalue weighted by Gasteiger charge is -2.26. The number of aliphatic hydroxyl groups is 1. The summed E-state index contributed by atoms with van der Waals surface area (Å²) < 4.78 is 0. The summed E-state index contributed by atoms with van der Waals surface area (Å²) in [4.78, 5) is 4.45. The first kappa shape index (κ1) is 15.7. The zero-order valence-corrected chi connectivity index (χ0v) is 13.5. The van der Waals surface area contributed by atoms with E-state index in [1.54, 1.807) is 6.07 Å². The van der Waals surface area contributed by atoms with Crippen LogP contribution in [0.5, 0.6) is 5.75 Å². The van der Waals surface area contributed by atoms with Gasteiger partial charge < -0.3 is 15.5 Å². The first-order valence-corrected chi connectivity index (χ1v) is 7.99. The van der Waals surface area contributed by atoms with Crippen LogP contribution in [0.3, 0.4) is 0 Å². The molecular formula is C17H22N4O2. The molecular weight excluding hydrogens is 292 g/mol. The molecule has 0 spiro atoms. The highest BCUT2D eigenvalue weighted by atomic mass is 16.3. The molecule has 1 aliphatic rings. The lowest BCUT2D eigenvalue weighted by Crippen LogP contribution is -2.30. The molecule has 1 aliphatic carbocycles. The van der Waals surface area contributed by atoms with Gasteiger partial charge >= 0.3 is 0 Å². The molecule has 3 rings (SSSR count). The number of phenols is 1. The normalized spacial score (nSPS) is 21.2. The average Bonchev–Trinajstić information content (AvgIpc) is 2.48. The molecule has 1 aromatic heterocycles. The van der Waals surface area contributed by atoms with Crippen molar-refractivity contribution in [1.29, 1.82) is 0 Å². The van der Waals surface area contributed by atoms with Crippen molar-refractivity contribution in [2.45, 2.75) is 51.7 Å². The van der Waals surface area contributed by atoms with E-state index in [4.69, 9.17) is 0 Å². The number of aryl methyl sites for hydroxylation is 2. The second-order valence-corrected chi connectivity index (χ2v) is 6.25. The molecule has 1 saturated carbocycles. The van der Waals surface area contributed by atoms with Gasteiger partial charge in [-0.2, -0.15) is 0 Å². The van der Waals surface area contributed by atoms with E-state index in [0.29, 0.717) is 29.3 Å². The Hall–Kier alpha value is -2.21. The predicted octanol–water partition coefficient (Wildman–Crippen LogP) is 2.58. The molecule has 0 saturated heterocycles. The van der Waals surface area contributed by atoms with Crippen LogP contribution in [0.4, 0.5) is 5.95 Å². The van der Waals surface area contributed by atoms with Crippen molar-refractivity contribution in [2.24, 2.45) is 0 Å². The van der Waals surface area contributed by atoms with Crippen LogP contribution in [0.15, 0.2) is 18.2 Å². The van der Waals surface area contributed by atoms with Crippen molar-refractivity contribution < 1.29 is 10.2 Å². The van der Waals surface area contributed by atoms with Crippen LogP contribution < -0.4 is 5.32 Å². The molecule has 0 aliphatic heterocycles. The van der Waals surface area contributed by atoms with E-state index >= 15 is 0 Å². The van der Waals surface area contributed by atoms with Crippen molar-refractivity contribution in [1.82, 2.24) is 15.2 Å². The van der Waals surface area contributed by atoms with Gasteiger partial charge in [0, 0.05) is 11.6 Å². The van der Waals surface area contributed by atoms with Gasteiger partial charge in [-0.05, 0) is 57.2 Å². The maximum atomic E-state index is 10.1. The van der Waals surface area contributed by atoms with E-state index in [2.05, 4.69) is 20.5 Å². The lowest BCUT2D eigenvalue weighted by molar-refractivity contribution is 0.124. The third kappa shape index (κ3) is 3.59. The van der Waals surface area contributed by atoms with Crippen LogP contribution in [0.25, 0.3) is 11.3 Å². The summed E-state index contributed by atoms with van der Waals surface area (Å²) in [6.07, 6.45) is 3.32. The Morgan fingerprint density at radius 1 is 1.17 bits per heavy atom. The third-order valence-corrected chi connectivity index (χ3v) is 4.25. The van der Waals surface area contributed by atoms with E-state index in [9.17, 15) is 10.2 Å². The number of rotatable bonds is 3. The first-order valence-electron chi connectivity index (χ1n) is 7.99. The summed E-state index contributed by atoms with van der Waals surface area (Å²) in [6.45, 7) is 3.77. The van der Waals surface area contributed by atoms with E-state index in [1.807, 2.05) is 26.0 Å². The molecule has 3 N–H and O–H groups in total. The van der Waals surface area contributed by atoms with Crippen LogP contribution in [0.2, 0.25) is 0 Å². The molecule has 0 unspecified atom stereocenters. The monoisotopic (exact) mass is 314 g/mol. The second-order valence-electron chi connectivity index (χ2n) is 6.25.